The molecular weight excluding hydrogens is 471 g/mol. The summed E-state index contributed by atoms with van der Waals surface area (Å²) in [7, 11) is 2.69. The summed E-state index contributed by atoms with van der Waals surface area (Å²) in [4.78, 5) is 30.3. The fourth-order valence-corrected chi connectivity index (χ4v) is 4.73. The number of aromatic nitrogens is 2. The molecule has 0 saturated heterocycles. The molecule has 0 atom stereocenters. The maximum absolute atomic E-state index is 11.6. The first kappa shape index (κ1) is 24.0. The molecule has 0 aliphatic carbocycles. The van der Waals surface area contributed by atoms with E-state index in [0.717, 1.165) is 37.8 Å². The zero-order valence-electron chi connectivity index (χ0n) is 18.2. The zero-order valence-corrected chi connectivity index (χ0v) is 20.5. The van der Waals surface area contributed by atoms with Crippen LogP contribution in [-0.2, 0) is 9.47 Å². The summed E-state index contributed by atoms with van der Waals surface area (Å²) in [6.07, 6.45) is 5.67. The third-order valence-electron chi connectivity index (χ3n) is 5.06. The molecule has 2 aromatic carbocycles. The number of esters is 2. The number of nitrogens with one attached hydrogen (secondary N) is 2. The van der Waals surface area contributed by atoms with Gasteiger partial charge in [-0.05, 0) is 49.4 Å². The molecule has 0 aliphatic heterocycles. The van der Waals surface area contributed by atoms with Crippen LogP contribution < -0.4 is 0 Å². The van der Waals surface area contributed by atoms with E-state index in [4.69, 9.17) is 27.9 Å². The van der Waals surface area contributed by atoms with Crippen molar-refractivity contribution in [1.82, 2.24) is 9.97 Å². The van der Waals surface area contributed by atoms with Crippen LogP contribution in [-0.4, -0.2) is 42.4 Å². The van der Waals surface area contributed by atoms with Crippen molar-refractivity contribution < 1.29 is 19.1 Å². The third-order valence-corrected chi connectivity index (χ3v) is 6.62. The van der Waals surface area contributed by atoms with E-state index in [1.165, 1.54) is 14.2 Å². The predicted molar refractivity (Wildman–Crippen MR) is 131 cm³/mol. The second-order valence-corrected chi connectivity index (χ2v) is 8.57. The minimum absolute atomic E-state index is 0.406. The van der Waals surface area contributed by atoms with Crippen molar-refractivity contribution in [3.05, 3.63) is 62.9 Å². The Bertz CT molecular complexity index is 1330. The van der Waals surface area contributed by atoms with Gasteiger partial charge < -0.3 is 19.4 Å². The molecule has 32 heavy (non-hydrogen) atoms. The van der Waals surface area contributed by atoms with Gasteiger partial charge in [-0.15, -0.1) is 11.8 Å². The first-order valence-corrected chi connectivity index (χ1v) is 11.5. The van der Waals surface area contributed by atoms with E-state index in [0.29, 0.717) is 21.2 Å². The lowest BCUT2D eigenvalue weighted by Gasteiger charge is -2.07. The second kappa shape index (κ2) is 9.90. The van der Waals surface area contributed by atoms with Crippen LogP contribution in [0.25, 0.3) is 21.8 Å². The number of rotatable bonds is 3. The number of aryl methyl sites for hydroxylation is 2. The van der Waals surface area contributed by atoms with E-state index in [-0.39, 0.29) is 0 Å². The van der Waals surface area contributed by atoms with Gasteiger partial charge in [0.15, 0.2) is 0 Å². The van der Waals surface area contributed by atoms with Crippen molar-refractivity contribution >= 4 is 68.7 Å². The molecule has 0 saturated carbocycles. The number of carbonyl (C=O) groups excluding carboxylic acids is 2. The summed E-state index contributed by atoms with van der Waals surface area (Å²) in [6, 6.07) is 5.32. The third kappa shape index (κ3) is 4.33. The maximum Gasteiger partial charge on any atom is 0.339 e. The first-order valence-electron chi connectivity index (χ1n) is 9.52. The van der Waals surface area contributed by atoms with Gasteiger partial charge in [0.2, 0.25) is 0 Å². The Hall–Kier alpha value is -2.61. The molecular formula is C23H22Cl2N2O4S. The molecule has 0 fully saturated rings. The van der Waals surface area contributed by atoms with Gasteiger partial charge in [0, 0.05) is 33.6 Å². The lowest BCUT2D eigenvalue weighted by molar-refractivity contribution is 0.0592. The number of benzene rings is 2. The summed E-state index contributed by atoms with van der Waals surface area (Å²) < 4.78 is 9.39. The van der Waals surface area contributed by atoms with Crippen molar-refractivity contribution in [3.63, 3.8) is 0 Å². The molecule has 4 aromatic rings. The fourth-order valence-electron chi connectivity index (χ4n) is 3.47. The minimum atomic E-state index is -0.411. The summed E-state index contributed by atoms with van der Waals surface area (Å²) >= 11 is 14.0. The quantitative estimate of drug-likeness (QED) is 0.250. The van der Waals surface area contributed by atoms with Crippen LogP contribution in [0.2, 0.25) is 10.0 Å². The highest BCUT2D eigenvalue weighted by Crippen LogP contribution is 2.36. The van der Waals surface area contributed by atoms with E-state index in [9.17, 15) is 9.59 Å². The van der Waals surface area contributed by atoms with Crippen LogP contribution in [0.4, 0.5) is 0 Å². The molecule has 0 radical (unpaired) electrons. The number of carbonyl (C=O) groups is 2. The number of thioether (sulfide) groups is 1. The minimum Gasteiger partial charge on any atom is -0.465 e. The Morgan fingerprint density at radius 3 is 2.03 bits per heavy atom. The Morgan fingerprint density at radius 1 is 0.906 bits per heavy atom. The number of fused-ring (bicyclic) bond motifs is 2. The van der Waals surface area contributed by atoms with Gasteiger partial charge in [-0.2, -0.15) is 0 Å². The van der Waals surface area contributed by atoms with E-state index in [1.54, 1.807) is 30.1 Å². The van der Waals surface area contributed by atoms with Gasteiger partial charge in [-0.3, -0.25) is 0 Å². The molecule has 0 unspecified atom stereocenters. The fraction of sp³-hybridized carbons (Fsp3) is 0.217. The average Bonchev–Trinajstić information content (AvgIpc) is 3.46. The first-order chi connectivity index (χ1) is 15.2. The van der Waals surface area contributed by atoms with Gasteiger partial charge in [-0.25, -0.2) is 9.59 Å². The van der Waals surface area contributed by atoms with Crippen LogP contribution in [0, 0.1) is 13.8 Å². The highest BCUT2D eigenvalue weighted by atomic mass is 35.5. The van der Waals surface area contributed by atoms with Gasteiger partial charge in [-0.1, -0.05) is 23.2 Å². The molecule has 2 N–H and O–H groups in total. The molecule has 0 amide bonds. The highest BCUT2D eigenvalue weighted by molar-refractivity contribution is 7.98. The van der Waals surface area contributed by atoms with E-state index < -0.39 is 11.9 Å². The molecule has 4 rings (SSSR count). The lowest BCUT2D eigenvalue weighted by atomic mass is 10.1. The molecule has 6 nitrogen and oxygen atoms in total. The van der Waals surface area contributed by atoms with E-state index in [1.807, 2.05) is 32.4 Å². The SMILES string of the molecule is COC(=O)c1cc(C)c2[nH]cc(SC)c2c1Cl.COC(=O)c1cc(C)c2[nH]ccc2c1Cl. The molecule has 0 aliphatic rings. The number of methoxy groups -OCH3 is 2. The summed E-state index contributed by atoms with van der Waals surface area (Å²) in [5.74, 6) is -0.820. The number of hydrogen-bond acceptors (Lipinski definition) is 5. The van der Waals surface area contributed by atoms with Gasteiger partial charge in [0.1, 0.15) is 0 Å². The number of H-pyrrole nitrogens is 2. The lowest BCUT2D eigenvalue weighted by Crippen LogP contribution is -2.03. The monoisotopic (exact) mass is 492 g/mol. The van der Waals surface area contributed by atoms with Gasteiger partial charge >= 0.3 is 11.9 Å². The van der Waals surface area contributed by atoms with Crippen LogP contribution in [0.5, 0.6) is 0 Å². The largest absolute Gasteiger partial charge is 0.465 e. The number of halogens is 2. The zero-order chi connectivity index (χ0) is 23.6. The van der Waals surface area contributed by atoms with Crippen molar-refractivity contribution in [2.45, 2.75) is 18.7 Å². The van der Waals surface area contributed by atoms with Crippen molar-refractivity contribution in [2.75, 3.05) is 20.5 Å². The van der Waals surface area contributed by atoms with Gasteiger partial charge in [0.05, 0.1) is 40.9 Å². The van der Waals surface area contributed by atoms with Crippen LogP contribution in [0.1, 0.15) is 31.8 Å². The highest BCUT2D eigenvalue weighted by Gasteiger charge is 2.18. The number of ether oxygens (including phenoxy) is 2. The van der Waals surface area contributed by atoms with Crippen LogP contribution in [0.15, 0.2) is 35.5 Å². The van der Waals surface area contributed by atoms with Crippen molar-refractivity contribution in [3.8, 4) is 0 Å². The van der Waals surface area contributed by atoms with E-state index in [2.05, 4.69) is 14.7 Å². The summed E-state index contributed by atoms with van der Waals surface area (Å²) in [5, 5.41) is 2.61. The molecule has 0 bridgehead atoms. The average molecular weight is 493 g/mol. The Kier molecular flexibility index (Phi) is 7.44. The molecule has 168 valence electrons. The van der Waals surface area contributed by atoms with E-state index >= 15 is 0 Å². The number of hydrogen-bond donors (Lipinski definition) is 2. The summed E-state index contributed by atoms with van der Waals surface area (Å²) in [6.45, 7) is 3.85. The second-order valence-electron chi connectivity index (χ2n) is 6.97. The maximum atomic E-state index is 11.6. The van der Waals surface area contributed by atoms with Crippen molar-refractivity contribution in [2.24, 2.45) is 0 Å². The van der Waals surface area contributed by atoms with Gasteiger partial charge in [0.25, 0.3) is 0 Å². The Balaban J connectivity index is 0.000000182. The van der Waals surface area contributed by atoms with Crippen LogP contribution >= 0.6 is 35.0 Å². The normalized spacial score (nSPS) is 10.7. The number of aromatic amines is 2. The Morgan fingerprint density at radius 2 is 1.47 bits per heavy atom. The standard InChI is InChI=1S/C12H12ClNO2S.C11H10ClNO2/c1-6-4-7(12(15)16-2)10(13)9-8(17-3)5-14-11(6)9;1-6-5-8(11(14)15-2)9(12)7-3-4-13-10(6)7/h4-5,14H,1-3H3;3-5,13H,1-2H3. The smallest absolute Gasteiger partial charge is 0.339 e. The molecule has 0 spiro atoms. The molecule has 2 heterocycles. The molecule has 2 aromatic heterocycles. The Labute approximate surface area is 199 Å². The summed E-state index contributed by atoms with van der Waals surface area (Å²) in [5.41, 5.74) is 4.68. The predicted octanol–water partition coefficient (Wildman–Crippen LogP) is 6.55. The van der Waals surface area contributed by atoms with Crippen molar-refractivity contribution in [1.29, 1.82) is 0 Å². The molecule has 9 heteroatoms. The topological polar surface area (TPSA) is 84.2 Å². The van der Waals surface area contributed by atoms with Crippen LogP contribution in [0.3, 0.4) is 0 Å².